The summed E-state index contributed by atoms with van der Waals surface area (Å²) in [6.07, 6.45) is 0. The van der Waals surface area contributed by atoms with Crippen molar-refractivity contribution in [3.8, 4) is 0 Å². The highest BCUT2D eigenvalue weighted by Crippen LogP contribution is 2.17. The van der Waals surface area contributed by atoms with Gasteiger partial charge < -0.3 is 0 Å². The molecule has 0 unspecified atom stereocenters. The average Bonchev–Trinajstić information content (AvgIpc) is 2.39. The van der Waals surface area contributed by atoms with E-state index in [1.807, 2.05) is 30.3 Å². The predicted molar refractivity (Wildman–Crippen MR) is 66.2 cm³/mol. The van der Waals surface area contributed by atoms with Gasteiger partial charge in [-0.25, -0.2) is 4.39 Å². The molecule has 0 N–H and O–H groups in total. The van der Waals surface area contributed by atoms with Crippen LogP contribution in [0.4, 0.5) is 4.39 Å². The van der Waals surface area contributed by atoms with E-state index in [0.29, 0.717) is 11.1 Å². The molecule has 1 nitrogen and oxygen atoms in total. The van der Waals surface area contributed by atoms with Crippen molar-refractivity contribution in [2.45, 2.75) is 0 Å². The Morgan fingerprint density at radius 1 is 0.882 bits per heavy atom. The Bertz CT molecular complexity index is 541. The minimum atomic E-state index is -0.355. The molecule has 0 aliphatic heterocycles. The van der Waals surface area contributed by atoms with E-state index >= 15 is 0 Å². The number of carbonyl (C=O) groups excluding carboxylic acids is 1. The lowest BCUT2D eigenvalue weighted by atomic mass is 9.98. The number of hydrogen-bond donors (Lipinski definition) is 0. The summed E-state index contributed by atoms with van der Waals surface area (Å²) in [4.78, 5) is 12.0. The number of Topliss-reactive ketones (excluding diaryl/α,β-unsaturated/α-hetero) is 1. The van der Waals surface area contributed by atoms with Gasteiger partial charge in [0.2, 0.25) is 0 Å². The number of ketones is 1. The average molecular weight is 226 g/mol. The largest absolute Gasteiger partial charge is 0.289 e. The number of carbonyl (C=O) groups is 1. The van der Waals surface area contributed by atoms with Crippen molar-refractivity contribution in [2.24, 2.45) is 0 Å². The molecule has 2 aromatic rings. The van der Waals surface area contributed by atoms with Crippen molar-refractivity contribution < 1.29 is 9.18 Å². The van der Waals surface area contributed by atoms with Gasteiger partial charge in [0.05, 0.1) is 0 Å². The molecule has 17 heavy (non-hydrogen) atoms. The second-order valence-electron chi connectivity index (χ2n) is 3.68. The van der Waals surface area contributed by atoms with Crippen LogP contribution in [0.1, 0.15) is 15.9 Å². The summed E-state index contributed by atoms with van der Waals surface area (Å²) in [6.45, 7) is 3.78. The summed E-state index contributed by atoms with van der Waals surface area (Å²) >= 11 is 0. The molecule has 0 fully saturated rings. The molecular formula is C15H11FO. The Morgan fingerprint density at radius 3 is 2.06 bits per heavy atom. The van der Waals surface area contributed by atoms with Gasteiger partial charge in [0.1, 0.15) is 5.82 Å². The zero-order valence-corrected chi connectivity index (χ0v) is 9.19. The van der Waals surface area contributed by atoms with Gasteiger partial charge >= 0.3 is 0 Å². The van der Waals surface area contributed by atoms with Gasteiger partial charge in [-0.3, -0.25) is 4.79 Å². The summed E-state index contributed by atoms with van der Waals surface area (Å²) in [6, 6.07) is 14.7. The van der Waals surface area contributed by atoms with Crippen molar-refractivity contribution in [3.63, 3.8) is 0 Å². The fraction of sp³-hybridized carbons (Fsp3) is 0. The minimum absolute atomic E-state index is 0.184. The summed E-state index contributed by atoms with van der Waals surface area (Å²) in [5.41, 5.74) is 1.64. The lowest BCUT2D eigenvalue weighted by Gasteiger charge is -2.04. The van der Waals surface area contributed by atoms with Crippen LogP contribution in [0.2, 0.25) is 0 Å². The van der Waals surface area contributed by atoms with Gasteiger partial charge in [0, 0.05) is 11.1 Å². The van der Waals surface area contributed by atoms with Crippen molar-refractivity contribution in [1.82, 2.24) is 0 Å². The molecular weight excluding hydrogens is 215 g/mol. The summed E-state index contributed by atoms with van der Waals surface area (Å²) < 4.78 is 12.7. The van der Waals surface area contributed by atoms with E-state index < -0.39 is 0 Å². The zero-order valence-electron chi connectivity index (χ0n) is 9.19. The molecule has 2 aromatic carbocycles. The quantitative estimate of drug-likeness (QED) is 0.575. The molecule has 84 valence electrons. The van der Waals surface area contributed by atoms with Crippen LogP contribution in [-0.2, 0) is 0 Å². The number of hydrogen-bond acceptors (Lipinski definition) is 1. The second-order valence-corrected chi connectivity index (χ2v) is 3.68. The van der Waals surface area contributed by atoms with E-state index in [0.717, 1.165) is 5.56 Å². The molecule has 2 heteroatoms. The van der Waals surface area contributed by atoms with Gasteiger partial charge in [-0.2, -0.15) is 0 Å². The molecule has 2 rings (SSSR count). The molecule has 0 amide bonds. The summed E-state index contributed by atoms with van der Waals surface area (Å²) in [5, 5.41) is 0. The first-order valence-corrected chi connectivity index (χ1v) is 5.23. The standard InChI is InChI=1S/C15H11FO/c1-11(12-5-3-2-4-6-12)15(17)13-7-9-14(16)10-8-13/h2-10H,1H2. The van der Waals surface area contributed by atoms with Gasteiger partial charge in [-0.1, -0.05) is 36.9 Å². The Hall–Kier alpha value is -2.22. The molecule has 0 spiro atoms. The van der Waals surface area contributed by atoms with Crippen LogP contribution in [0.25, 0.3) is 5.57 Å². The minimum Gasteiger partial charge on any atom is -0.289 e. The summed E-state index contributed by atoms with van der Waals surface area (Å²) in [5.74, 6) is -0.539. The van der Waals surface area contributed by atoms with Crippen LogP contribution in [0.3, 0.4) is 0 Å². The Balaban J connectivity index is 2.27. The third-order valence-electron chi connectivity index (χ3n) is 2.50. The lowest BCUT2D eigenvalue weighted by molar-refractivity contribution is 0.105. The maximum absolute atomic E-state index is 12.7. The first-order chi connectivity index (χ1) is 8.18. The highest BCUT2D eigenvalue weighted by molar-refractivity contribution is 6.28. The molecule has 0 heterocycles. The third kappa shape index (κ3) is 2.48. The van der Waals surface area contributed by atoms with E-state index in [9.17, 15) is 9.18 Å². The van der Waals surface area contributed by atoms with Crippen molar-refractivity contribution in [2.75, 3.05) is 0 Å². The number of allylic oxidation sites excluding steroid dienone is 1. The highest BCUT2D eigenvalue weighted by Gasteiger charge is 2.11. The smallest absolute Gasteiger partial charge is 0.193 e. The Labute approximate surface area is 99.2 Å². The fourth-order valence-corrected chi connectivity index (χ4v) is 1.55. The van der Waals surface area contributed by atoms with Crippen LogP contribution in [0.5, 0.6) is 0 Å². The molecule has 0 aliphatic carbocycles. The van der Waals surface area contributed by atoms with Gasteiger partial charge in [-0.05, 0) is 29.8 Å². The van der Waals surface area contributed by atoms with Crippen molar-refractivity contribution >= 4 is 11.4 Å². The number of benzene rings is 2. The lowest BCUT2D eigenvalue weighted by Crippen LogP contribution is -2.01. The van der Waals surface area contributed by atoms with Crippen LogP contribution < -0.4 is 0 Å². The van der Waals surface area contributed by atoms with Crippen LogP contribution in [-0.4, -0.2) is 5.78 Å². The first kappa shape index (κ1) is 11.3. The van der Waals surface area contributed by atoms with Crippen molar-refractivity contribution in [1.29, 1.82) is 0 Å². The maximum atomic E-state index is 12.7. The van der Waals surface area contributed by atoms with E-state index in [-0.39, 0.29) is 11.6 Å². The van der Waals surface area contributed by atoms with E-state index in [4.69, 9.17) is 0 Å². The first-order valence-electron chi connectivity index (χ1n) is 5.23. The fourth-order valence-electron chi connectivity index (χ4n) is 1.55. The Morgan fingerprint density at radius 2 is 1.47 bits per heavy atom. The van der Waals surface area contributed by atoms with Gasteiger partial charge in [0.25, 0.3) is 0 Å². The highest BCUT2D eigenvalue weighted by atomic mass is 19.1. The molecule has 0 aliphatic rings. The summed E-state index contributed by atoms with van der Waals surface area (Å²) in [7, 11) is 0. The van der Waals surface area contributed by atoms with Gasteiger partial charge in [0.15, 0.2) is 5.78 Å². The topological polar surface area (TPSA) is 17.1 Å². The maximum Gasteiger partial charge on any atom is 0.193 e. The SMILES string of the molecule is C=C(C(=O)c1ccc(F)cc1)c1ccccc1. The monoisotopic (exact) mass is 226 g/mol. The second kappa shape index (κ2) is 4.74. The Kier molecular flexibility index (Phi) is 3.15. The van der Waals surface area contributed by atoms with E-state index in [1.165, 1.54) is 24.3 Å². The normalized spacial score (nSPS) is 9.94. The molecule has 0 radical (unpaired) electrons. The molecule has 0 saturated heterocycles. The van der Waals surface area contributed by atoms with Crippen molar-refractivity contribution in [3.05, 3.63) is 78.1 Å². The number of rotatable bonds is 3. The van der Waals surface area contributed by atoms with E-state index in [2.05, 4.69) is 6.58 Å². The molecule has 0 atom stereocenters. The van der Waals surface area contributed by atoms with Crippen LogP contribution in [0.15, 0.2) is 61.2 Å². The van der Waals surface area contributed by atoms with Crippen LogP contribution in [0, 0.1) is 5.82 Å². The zero-order chi connectivity index (χ0) is 12.3. The molecule has 0 aromatic heterocycles. The van der Waals surface area contributed by atoms with Gasteiger partial charge in [-0.15, -0.1) is 0 Å². The molecule has 0 bridgehead atoms. The predicted octanol–water partition coefficient (Wildman–Crippen LogP) is 3.72. The van der Waals surface area contributed by atoms with Crippen LogP contribution >= 0.6 is 0 Å². The number of halogens is 1. The molecule has 0 saturated carbocycles. The van der Waals surface area contributed by atoms with E-state index in [1.54, 1.807) is 0 Å². The third-order valence-corrected chi connectivity index (χ3v) is 2.50.